The van der Waals surface area contributed by atoms with Gasteiger partial charge in [0, 0.05) is 0 Å². The van der Waals surface area contributed by atoms with Crippen molar-refractivity contribution in [1.82, 2.24) is 0 Å². The molecule has 16 heavy (non-hydrogen) atoms. The van der Waals surface area contributed by atoms with Crippen LogP contribution < -0.4 is 4.74 Å². The van der Waals surface area contributed by atoms with Crippen LogP contribution in [0.1, 0.15) is 30.9 Å². The highest BCUT2D eigenvalue weighted by atomic mass is 79.9. The number of benzene rings is 1. The first-order chi connectivity index (χ1) is 7.68. The van der Waals surface area contributed by atoms with E-state index in [1.165, 1.54) is 36.8 Å². The molecular formula is C14H17BrO. The van der Waals surface area contributed by atoms with Crippen LogP contribution >= 0.6 is 15.9 Å². The highest BCUT2D eigenvalue weighted by molar-refractivity contribution is 9.10. The highest BCUT2D eigenvalue weighted by Crippen LogP contribution is 2.35. The van der Waals surface area contributed by atoms with Gasteiger partial charge in [0.15, 0.2) is 0 Å². The van der Waals surface area contributed by atoms with E-state index in [1.807, 2.05) is 6.92 Å². The summed E-state index contributed by atoms with van der Waals surface area (Å²) in [4.78, 5) is 0. The summed E-state index contributed by atoms with van der Waals surface area (Å²) in [7, 11) is 0. The summed E-state index contributed by atoms with van der Waals surface area (Å²) in [5.74, 6) is 0.948. The lowest BCUT2D eigenvalue weighted by Gasteiger charge is -2.19. The fourth-order valence-electron chi connectivity index (χ4n) is 2.07. The van der Waals surface area contributed by atoms with Gasteiger partial charge in [-0.05, 0) is 71.3 Å². The maximum atomic E-state index is 5.72. The van der Waals surface area contributed by atoms with Crippen molar-refractivity contribution in [1.29, 1.82) is 0 Å². The van der Waals surface area contributed by atoms with Crippen LogP contribution in [0.3, 0.4) is 0 Å². The third-order valence-corrected chi connectivity index (χ3v) is 3.77. The second-order valence-corrected chi connectivity index (χ2v) is 5.26. The largest absolute Gasteiger partial charge is 0.488 e. The Hall–Kier alpha value is -0.760. The van der Waals surface area contributed by atoms with E-state index < -0.39 is 0 Å². The van der Waals surface area contributed by atoms with Crippen molar-refractivity contribution in [2.75, 3.05) is 6.61 Å². The molecule has 1 aliphatic carbocycles. The smallest absolute Gasteiger partial charge is 0.134 e. The highest BCUT2D eigenvalue weighted by Gasteiger charge is 2.15. The molecule has 0 saturated heterocycles. The summed E-state index contributed by atoms with van der Waals surface area (Å²) < 4.78 is 6.86. The SMILES string of the molecule is C=C(C)COc1ccc2c(c1Br)CCCC2. The minimum absolute atomic E-state index is 0.595. The Kier molecular flexibility index (Phi) is 3.70. The second kappa shape index (κ2) is 5.05. The molecule has 0 amide bonds. The Labute approximate surface area is 106 Å². The number of rotatable bonds is 3. The van der Waals surface area contributed by atoms with Gasteiger partial charge in [-0.3, -0.25) is 0 Å². The van der Waals surface area contributed by atoms with Crippen LogP contribution in [0.25, 0.3) is 0 Å². The van der Waals surface area contributed by atoms with Gasteiger partial charge in [0.25, 0.3) is 0 Å². The molecule has 0 radical (unpaired) electrons. The molecule has 0 heterocycles. The molecule has 0 aromatic heterocycles. The van der Waals surface area contributed by atoms with E-state index in [2.05, 4.69) is 34.6 Å². The molecule has 1 aromatic rings. The topological polar surface area (TPSA) is 9.23 Å². The third-order valence-electron chi connectivity index (χ3n) is 2.90. The summed E-state index contributed by atoms with van der Waals surface area (Å²) >= 11 is 3.66. The van der Waals surface area contributed by atoms with Crippen LogP contribution in [-0.2, 0) is 12.8 Å². The maximum absolute atomic E-state index is 5.72. The molecule has 1 aromatic carbocycles. The molecule has 0 atom stereocenters. The quantitative estimate of drug-likeness (QED) is 0.751. The maximum Gasteiger partial charge on any atom is 0.134 e. The van der Waals surface area contributed by atoms with Crippen molar-refractivity contribution in [3.8, 4) is 5.75 Å². The van der Waals surface area contributed by atoms with Gasteiger partial charge in [-0.25, -0.2) is 0 Å². The molecule has 0 bridgehead atoms. The van der Waals surface area contributed by atoms with Gasteiger partial charge in [0.2, 0.25) is 0 Å². The molecule has 2 rings (SSSR count). The Morgan fingerprint density at radius 1 is 1.38 bits per heavy atom. The Bertz CT molecular complexity index is 409. The molecule has 0 saturated carbocycles. The average molecular weight is 281 g/mol. The normalized spacial score (nSPS) is 14.4. The Balaban J connectivity index is 2.23. The fourth-order valence-corrected chi connectivity index (χ4v) is 2.77. The molecular weight excluding hydrogens is 264 g/mol. The Morgan fingerprint density at radius 2 is 2.12 bits per heavy atom. The van der Waals surface area contributed by atoms with Gasteiger partial charge in [-0.1, -0.05) is 12.6 Å². The summed E-state index contributed by atoms with van der Waals surface area (Å²) in [6, 6.07) is 4.27. The standard InChI is InChI=1S/C14H17BrO/c1-10(2)9-16-13-8-7-11-5-3-4-6-12(11)14(13)15/h7-8H,1,3-6,9H2,2H3. The molecule has 1 nitrogen and oxygen atoms in total. The zero-order valence-corrected chi connectivity index (χ0v) is 11.3. The molecule has 2 heteroatoms. The van der Waals surface area contributed by atoms with Crippen molar-refractivity contribution >= 4 is 15.9 Å². The molecule has 86 valence electrons. The first kappa shape index (κ1) is 11.7. The molecule has 1 aliphatic rings. The van der Waals surface area contributed by atoms with Gasteiger partial charge < -0.3 is 4.74 Å². The fraction of sp³-hybridized carbons (Fsp3) is 0.429. The zero-order valence-electron chi connectivity index (χ0n) is 9.68. The zero-order chi connectivity index (χ0) is 11.5. The minimum Gasteiger partial charge on any atom is -0.488 e. The van der Waals surface area contributed by atoms with Gasteiger partial charge in [0.05, 0.1) is 4.47 Å². The van der Waals surface area contributed by atoms with E-state index in [0.29, 0.717) is 6.61 Å². The number of fused-ring (bicyclic) bond motifs is 1. The predicted molar refractivity (Wildman–Crippen MR) is 71.1 cm³/mol. The number of hydrogen-bond donors (Lipinski definition) is 0. The second-order valence-electron chi connectivity index (χ2n) is 4.47. The number of aryl methyl sites for hydroxylation is 1. The van der Waals surface area contributed by atoms with E-state index in [1.54, 1.807) is 0 Å². The van der Waals surface area contributed by atoms with Crippen LogP contribution in [-0.4, -0.2) is 6.61 Å². The van der Waals surface area contributed by atoms with Crippen molar-refractivity contribution in [2.24, 2.45) is 0 Å². The van der Waals surface area contributed by atoms with Crippen molar-refractivity contribution in [3.63, 3.8) is 0 Å². The van der Waals surface area contributed by atoms with Crippen LogP contribution in [0.2, 0.25) is 0 Å². The lowest BCUT2D eigenvalue weighted by atomic mass is 9.92. The summed E-state index contributed by atoms with van der Waals surface area (Å²) in [6.07, 6.45) is 4.97. The molecule has 0 fully saturated rings. The van der Waals surface area contributed by atoms with Crippen LogP contribution in [0.5, 0.6) is 5.75 Å². The number of hydrogen-bond acceptors (Lipinski definition) is 1. The van der Waals surface area contributed by atoms with Crippen LogP contribution in [0, 0.1) is 0 Å². The summed E-state index contributed by atoms with van der Waals surface area (Å²) in [5.41, 5.74) is 3.95. The lowest BCUT2D eigenvalue weighted by Crippen LogP contribution is -2.06. The van der Waals surface area contributed by atoms with E-state index in [-0.39, 0.29) is 0 Å². The molecule has 0 N–H and O–H groups in total. The molecule has 0 unspecified atom stereocenters. The lowest BCUT2D eigenvalue weighted by molar-refractivity contribution is 0.349. The Morgan fingerprint density at radius 3 is 2.88 bits per heavy atom. The predicted octanol–water partition coefficient (Wildman–Crippen LogP) is 4.28. The summed E-state index contributed by atoms with van der Waals surface area (Å²) in [6.45, 7) is 6.42. The van der Waals surface area contributed by atoms with E-state index in [9.17, 15) is 0 Å². The van der Waals surface area contributed by atoms with Crippen molar-refractivity contribution in [3.05, 3.63) is 39.9 Å². The van der Waals surface area contributed by atoms with E-state index in [0.717, 1.165) is 15.8 Å². The summed E-state index contributed by atoms with van der Waals surface area (Å²) in [5, 5.41) is 0. The number of ether oxygens (including phenoxy) is 1. The first-order valence-corrected chi connectivity index (χ1v) is 6.55. The minimum atomic E-state index is 0.595. The van der Waals surface area contributed by atoms with E-state index >= 15 is 0 Å². The average Bonchev–Trinajstić information content (AvgIpc) is 2.28. The van der Waals surface area contributed by atoms with Crippen LogP contribution in [0.15, 0.2) is 28.8 Å². The third kappa shape index (κ3) is 2.49. The van der Waals surface area contributed by atoms with Gasteiger partial charge >= 0.3 is 0 Å². The monoisotopic (exact) mass is 280 g/mol. The molecule has 0 aliphatic heterocycles. The van der Waals surface area contributed by atoms with Gasteiger partial charge in [0.1, 0.15) is 12.4 Å². The van der Waals surface area contributed by atoms with Crippen molar-refractivity contribution in [2.45, 2.75) is 32.6 Å². The first-order valence-electron chi connectivity index (χ1n) is 5.76. The van der Waals surface area contributed by atoms with Crippen molar-refractivity contribution < 1.29 is 4.74 Å². The van der Waals surface area contributed by atoms with Crippen LogP contribution in [0.4, 0.5) is 0 Å². The van der Waals surface area contributed by atoms with Gasteiger partial charge in [-0.2, -0.15) is 0 Å². The number of halogens is 1. The molecule has 0 spiro atoms. The van der Waals surface area contributed by atoms with Gasteiger partial charge in [-0.15, -0.1) is 0 Å². The van der Waals surface area contributed by atoms with E-state index in [4.69, 9.17) is 4.74 Å².